The molecular weight excluding hydrogens is 234 g/mol. The maximum atomic E-state index is 11.0. The number of carboxylic acids is 1. The van der Waals surface area contributed by atoms with Crippen LogP contribution >= 0.6 is 11.3 Å². The molecule has 17 heavy (non-hydrogen) atoms. The van der Waals surface area contributed by atoms with Gasteiger partial charge >= 0.3 is 5.97 Å². The van der Waals surface area contributed by atoms with Gasteiger partial charge in [-0.25, -0.2) is 9.78 Å². The molecule has 0 bridgehead atoms. The van der Waals surface area contributed by atoms with Gasteiger partial charge in [0, 0.05) is 5.56 Å². The molecule has 2 aromatic rings. The van der Waals surface area contributed by atoms with Gasteiger partial charge in [0.2, 0.25) is 0 Å². The Morgan fingerprint density at radius 3 is 2.47 bits per heavy atom. The summed E-state index contributed by atoms with van der Waals surface area (Å²) in [7, 11) is 0. The molecule has 0 aliphatic rings. The van der Waals surface area contributed by atoms with Crippen molar-refractivity contribution in [1.29, 1.82) is 0 Å². The standard InChI is InChI=1S/C13H13NO2S/c1-3-10-11(13(15)16)17-12(14-10)9-6-4-8(2)5-7-9/h4-7H,3H2,1-2H3,(H,15,16). The first-order valence-electron chi connectivity index (χ1n) is 5.42. The second kappa shape index (κ2) is 4.67. The molecule has 0 fully saturated rings. The van der Waals surface area contributed by atoms with Gasteiger partial charge in [-0.1, -0.05) is 36.8 Å². The van der Waals surface area contributed by atoms with E-state index < -0.39 is 5.97 Å². The summed E-state index contributed by atoms with van der Waals surface area (Å²) in [6.45, 7) is 3.94. The number of hydrogen-bond acceptors (Lipinski definition) is 3. The largest absolute Gasteiger partial charge is 0.477 e. The molecule has 1 heterocycles. The van der Waals surface area contributed by atoms with Crippen LogP contribution in [0.2, 0.25) is 0 Å². The zero-order valence-electron chi connectivity index (χ0n) is 9.73. The first-order chi connectivity index (χ1) is 8.11. The lowest BCUT2D eigenvalue weighted by Gasteiger charge is -1.96. The van der Waals surface area contributed by atoms with Crippen LogP contribution in [0.5, 0.6) is 0 Å². The van der Waals surface area contributed by atoms with E-state index in [1.54, 1.807) is 0 Å². The van der Waals surface area contributed by atoms with Crippen molar-refractivity contribution in [2.24, 2.45) is 0 Å². The van der Waals surface area contributed by atoms with Crippen molar-refractivity contribution in [3.63, 3.8) is 0 Å². The molecule has 0 unspecified atom stereocenters. The predicted molar refractivity (Wildman–Crippen MR) is 68.6 cm³/mol. The van der Waals surface area contributed by atoms with Crippen molar-refractivity contribution in [3.05, 3.63) is 40.4 Å². The summed E-state index contributed by atoms with van der Waals surface area (Å²) in [4.78, 5) is 15.8. The molecule has 88 valence electrons. The highest BCUT2D eigenvalue weighted by atomic mass is 32.1. The van der Waals surface area contributed by atoms with Crippen LogP contribution in [0, 0.1) is 6.92 Å². The van der Waals surface area contributed by atoms with Crippen molar-refractivity contribution >= 4 is 17.3 Å². The highest BCUT2D eigenvalue weighted by Crippen LogP contribution is 2.28. The van der Waals surface area contributed by atoms with Crippen LogP contribution in [0.25, 0.3) is 10.6 Å². The minimum Gasteiger partial charge on any atom is -0.477 e. The number of carbonyl (C=O) groups is 1. The Labute approximate surface area is 104 Å². The summed E-state index contributed by atoms with van der Waals surface area (Å²) in [5.41, 5.74) is 2.82. The van der Waals surface area contributed by atoms with Crippen molar-refractivity contribution < 1.29 is 9.90 Å². The fourth-order valence-corrected chi connectivity index (χ4v) is 2.58. The van der Waals surface area contributed by atoms with Gasteiger partial charge in [0.1, 0.15) is 9.88 Å². The molecule has 0 aliphatic carbocycles. The Morgan fingerprint density at radius 1 is 1.35 bits per heavy atom. The first-order valence-corrected chi connectivity index (χ1v) is 6.23. The Balaban J connectivity index is 2.46. The van der Waals surface area contributed by atoms with Crippen molar-refractivity contribution in [2.45, 2.75) is 20.3 Å². The summed E-state index contributed by atoms with van der Waals surface area (Å²) in [5.74, 6) is -0.891. The van der Waals surface area contributed by atoms with Crippen LogP contribution in [0.15, 0.2) is 24.3 Å². The average molecular weight is 247 g/mol. The van der Waals surface area contributed by atoms with E-state index in [4.69, 9.17) is 5.11 Å². The Kier molecular flexibility index (Phi) is 3.24. The number of carboxylic acid groups (broad SMARTS) is 1. The molecule has 1 N–H and O–H groups in total. The smallest absolute Gasteiger partial charge is 0.347 e. The quantitative estimate of drug-likeness (QED) is 0.904. The Morgan fingerprint density at radius 2 is 2.00 bits per heavy atom. The first kappa shape index (κ1) is 11.8. The summed E-state index contributed by atoms with van der Waals surface area (Å²) in [6.07, 6.45) is 0.643. The summed E-state index contributed by atoms with van der Waals surface area (Å²) in [6, 6.07) is 7.95. The summed E-state index contributed by atoms with van der Waals surface area (Å²) < 4.78 is 0. The monoisotopic (exact) mass is 247 g/mol. The predicted octanol–water partition coefficient (Wildman–Crippen LogP) is 3.38. The molecule has 2 rings (SSSR count). The summed E-state index contributed by atoms with van der Waals surface area (Å²) in [5, 5.41) is 9.85. The molecule has 0 saturated carbocycles. The van der Waals surface area contributed by atoms with E-state index in [0.717, 1.165) is 10.6 Å². The van der Waals surface area contributed by atoms with E-state index in [-0.39, 0.29) is 0 Å². The number of thiazole rings is 1. The van der Waals surface area contributed by atoms with E-state index in [9.17, 15) is 4.79 Å². The SMILES string of the molecule is CCc1nc(-c2ccc(C)cc2)sc1C(=O)O. The molecular formula is C13H13NO2S. The summed E-state index contributed by atoms with van der Waals surface area (Å²) >= 11 is 1.24. The molecule has 4 heteroatoms. The fraction of sp³-hybridized carbons (Fsp3) is 0.231. The number of nitrogens with zero attached hydrogens (tertiary/aromatic N) is 1. The van der Waals surface area contributed by atoms with E-state index >= 15 is 0 Å². The lowest BCUT2D eigenvalue weighted by atomic mass is 10.2. The van der Waals surface area contributed by atoms with Crippen molar-refractivity contribution in [2.75, 3.05) is 0 Å². The molecule has 0 radical (unpaired) electrons. The fourth-order valence-electron chi connectivity index (χ4n) is 1.58. The molecule has 0 spiro atoms. The van der Waals surface area contributed by atoms with Crippen LogP contribution in [-0.4, -0.2) is 16.1 Å². The molecule has 1 aromatic carbocycles. The van der Waals surface area contributed by atoms with Gasteiger partial charge in [-0.15, -0.1) is 11.3 Å². The second-order valence-electron chi connectivity index (χ2n) is 3.82. The van der Waals surface area contributed by atoms with E-state index in [0.29, 0.717) is 17.0 Å². The molecule has 3 nitrogen and oxygen atoms in total. The molecule has 0 amide bonds. The number of benzene rings is 1. The highest BCUT2D eigenvalue weighted by molar-refractivity contribution is 7.17. The van der Waals surface area contributed by atoms with Crippen LogP contribution in [0.4, 0.5) is 0 Å². The van der Waals surface area contributed by atoms with Crippen LogP contribution in [0.1, 0.15) is 27.9 Å². The number of aryl methyl sites for hydroxylation is 2. The lowest BCUT2D eigenvalue weighted by molar-refractivity contribution is 0.0701. The molecule has 1 aromatic heterocycles. The number of rotatable bonds is 3. The lowest BCUT2D eigenvalue weighted by Crippen LogP contribution is -1.97. The maximum absolute atomic E-state index is 11.0. The van der Waals surface area contributed by atoms with Crippen LogP contribution in [0.3, 0.4) is 0 Å². The third-order valence-corrected chi connectivity index (χ3v) is 3.66. The van der Waals surface area contributed by atoms with E-state index in [1.165, 1.54) is 16.9 Å². The van der Waals surface area contributed by atoms with Crippen LogP contribution < -0.4 is 0 Å². The van der Waals surface area contributed by atoms with Gasteiger partial charge in [0.25, 0.3) is 0 Å². The highest BCUT2D eigenvalue weighted by Gasteiger charge is 2.16. The minimum absolute atomic E-state index is 0.350. The number of aromatic nitrogens is 1. The number of aromatic carboxylic acids is 1. The second-order valence-corrected chi connectivity index (χ2v) is 4.82. The normalized spacial score (nSPS) is 10.5. The zero-order valence-corrected chi connectivity index (χ0v) is 10.5. The maximum Gasteiger partial charge on any atom is 0.347 e. The minimum atomic E-state index is -0.891. The topological polar surface area (TPSA) is 50.2 Å². The van der Waals surface area contributed by atoms with E-state index in [2.05, 4.69) is 4.98 Å². The average Bonchev–Trinajstić information content (AvgIpc) is 2.74. The zero-order chi connectivity index (χ0) is 12.4. The Bertz CT molecular complexity index is 543. The third kappa shape index (κ3) is 2.36. The van der Waals surface area contributed by atoms with Gasteiger partial charge in [-0.05, 0) is 13.3 Å². The molecule has 0 saturated heterocycles. The Hall–Kier alpha value is -1.68. The van der Waals surface area contributed by atoms with E-state index in [1.807, 2.05) is 38.1 Å². The van der Waals surface area contributed by atoms with Crippen molar-refractivity contribution in [1.82, 2.24) is 4.98 Å². The number of hydrogen-bond donors (Lipinski definition) is 1. The third-order valence-electron chi connectivity index (χ3n) is 2.52. The van der Waals surface area contributed by atoms with Crippen LogP contribution in [-0.2, 0) is 6.42 Å². The van der Waals surface area contributed by atoms with Gasteiger partial charge in [-0.2, -0.15) is 0 Å². The molecule has 0 atom stereocenters. The van der Waals surface area contributed by atoms with Gasteiger partial charge in [-0.3, -0.25) is 0 Å². The van der Waals surface area contributed by atoms with Gasteiger partial charge in [0.05, 0.1) is 5.69 Å². The van der Waals surface area contributed by atoms with Gasteiger partial charge in [0.15, 0.2) is 0 Å². The van der Waals surface area contributed by atoms with Crippen molar-refractivity contribution in [3.8, 4) is 10.6 Å². The van der Waals surface area contributed by atoms with Gasteiger partial charge < -0.3 is 5.11 Å². The molecule has 0 aliphatic heterocycles.